The van der Waals surface area contributed by atoms with Crippen molar-refractivity contribution in [3.63, 3.8) is 0 Å². The third-order valence-corrected chi connectivity index (χ3v) is 4.09. The zero-order valence-electron chi connectivity index (χ0n) is 12.7. The lowest BCUT2D eigenvalue weighted by Gasteiger charge is -2.36. The highest BCUT2D eigenvalue weighted by Gasteiger charge is 2.34. The molecule has 1 aliphatic carbocycles. The van der Waals surface area contributed by atoms with Crippen LogP contribution >= 0.6 is 0 Å². The van der Waals surface area contributed by atoms with Gasteiger partial charge in [-0.25, -0.2) is 4.98 Å². The minimum Gasteiger partial charge on any atom is -0.493 e. The van der Waals surface area contributed by atoms with E-state index in [1.165, 1.54) is 0 Å². The first-order valence-corrected chi connectivity index (χ1v) is 7.20. The number of ether oxygens (including phenoxy) is 2. The lowest BCUT2D eigenvalue weighted by atomic mass is 9.80. The molecule has 1 heterocycles. The maximum Gasteiger partial charge on any atom is 0.225 e. The monoisotopic (exact) mass is 304 g/mol. The van der Waals surface area contributed by atoms with Gasteiger partial charge in [-0.1, -0.05) is 0 Å². The van der Waals surface area contributed by atoms with Crippen LogP contribution in [0, 0.1) is 0 Å². The predicted octanol–water partition coefficient (Wildman–Crippen LogP) is 1.56. The van der Waals surface area contributed by atoms with Gasteiger partial charge in [0, 0.05) is 18.0 Å². The van der Waals surface area contributed by atoms with Crippen LogP contribution in [0.5, 0.6) is 11.5 Å². The van der Waals surface area contributed by atoms with E-state index in [2.05, 4.69) is 15.3 Å². The van der Waals surface area contributed by atoms with Crippen molar-refractivity contribution in [2.75, 3.05) is 31.8 Å². The number of aromatic nitrogens is 2. The molecule has 3 rings (SSSR count). The largest absolute Gasteiger partial charge is 0.493 e. The highest BCUT2D eigenvalue weighted by Crippen LogP contribution is 2.34. The lowest BCUT2D eigenvalue weighted by Crippen LogP contribution is -2.43. The normalized spacial score (nSPS) is 16.1. The molecule has 1 aromatic carbocycles. The van der Waals surface area contributed by atoms with E-state index in [0.717, 1.165) is 19.3 Å². The molecule has 0 bridgehead atoms. The summed E-state index contributed by atoms with van der Waals surface area (Å²) in [6.07, 6.45) is 2.65. The van der Waals surface area contributed by atoms with Crippen LogP contribution in [-0.2, 0) is 0 Å². The molecule has 7 nitrogen and oxygen atoms in total. The number of nitrogens with two attached hydrogens (primary N) is 1. The minimum atomic E-state index is -0.648. The van der Waals surface area contributed by atoms with Crippen LogP contribution < -0.4 is 20.5 Å². The van der Waals surface area contributed by atoms with Gasteiger partial charge in [0.1, 0.15) is 5.82 Å². The van der Waals surface area contributed by atoms with Crippen molar-refractivity contribution in [1.82, 2.24) is 9.97 Å². The average Bonchev–Trinajstić information content (AvgIpc) is 2.49. The van der Waals surface area contributed by atoms with E-state index in [4.69, 9.17) is 15.2 Å². The Kier molecular flexibility index (Phi) is 3.66. The topological polar surface area (TPSA) is 103 Å². The molecule has 22 heavy (non-hydrogen) atoms. The summed E-state index contributed by atoms with van der Waals surface area (Å²) in [5.41, 5.74) is 6.02. The maximum absolute atomic E-state index is 10.1. The Balaban J connectivity index is 1.92. The Morgan fingerprint density at radius 3 is 2.50 bits per heavy atom. The molecule has 2 aromatic rings. The zero-order chi connectivity index (χ0) is 15.7. The van der Waals surface area contributed by atoms with Gasteiger partial charge >= 0.3 is 0 Å². The van der Waals surface area contributed by atoms with Gasteiger partial charge in [-0.2, -0.15) is 4.98 Å². The van der Waals surface area contributed by atoms with Crippen molar-refractivity contribution in [3.8, 4) is 11.5 Å². The number of rotatable bonds is 5. The fourth-order valence-electron chi connectivity index (χ4n) is 2.56. The standard InChI is InChI=1S/C15H20N4O3/c1-21-11-6-9-10(7-12(11)22-2)18-14(19-13(9)16)17-8-15(20)4-3-5-15/h6-7,20H,3-5,8H2,1-2H3,(H3,16,17,18,19). The summed E-state index contributed by atoms with van der Waals surface area (Å²) in [7, 11) is 3.13. The molecule has 0 atom stereocenters. The van der Waals surface area contributed by atoms with Crippen LogP contribution in [0.4, 0.5) is 11.8 Å². The van der Waals surface area contributed by atoms with Gasteiger partial charge < -0.3 is 25.6 Å². The molecule has 0 radical (unpaired) electrons. The van der Waals surface area contributed by atoms with Gasteiger partial charge in [0.15, 0.2) is 11.5 Å². The molecule has 0 spiro atoms. The molecule has 4 N–H and O–H groups in total. The number of hydrogen-bond donors (Lipinski definition) is 3. The molecule has 0 amide bonds. The fraction of sp³-hybridized carbons (Fsp3) is 0.467. The first-order valence-electron chi connectivity index (χ1n) is 7.20. The summed E-state index contributed by atoms with van der Waals surface area (Å²) in [6, 6.07) is 3.52. The summed E-state index contributed by atoms with van der Waals surface area (Å²) in [6.45, 7) is 0.422. The highest BCUT2D eigenvalue weighted by molar-refractivity contribution is 5.91. The molecule has 1 fully saturated rings. The van der Waals surface area contributed by atoms with Crippen LogP contribution in [0.15, 0.2) is 12.1 Å². The Labute approximate surface area is 128 Å². The summed E-state index contributed by atoms with van der Waals surface area (Å²) in [5.74, 6) is 1.91. The summed E-state index contributed by atoms with van der Waals surface area (Å²) in [5, 5.41) is 13.9. The number of nitrogens with zero attached hydrogens (tertiary/aromatic N) is 2. The molecule has 1 aromatic heterocycles. The summed E-state index contributed by atoms with van der Waals surface area (Å²) >= 11 is 0. The van der Waals surface area contributed by atoms with Crippen LogP contribution in [0.25, 0.3) is 10.9 Å². The second-order valence-corrected chi connectivity index (χ2v) is 5.59. The lowest BCUT2D eigenvalue weighted by molar-refractivity contribution is -0.0203. The van der Waals surface area contributed by atoms with Gasteiger partial charge in [-0.15, -0.1) is 0 Å². The Hall–Kier alpha value is -2.28. The highest BCUT2D eigenvalue weighted by atomic mass is 16.5. The van der Waals surface area contributed by atoms with Crippen molar-refractivity contribution >= 4 is 22.7 Å². The number of nitrogen functional groups attached to an aromatic ring is 1. The SMILES string of the molecule is COc1cc2nc(NCC3(O)CCC3)nc(N)c2cc1OC. The van der Waals surface area contributed by atoms with Crippen molar-refractivity contribution in [2.45, 2.75) is 24.9 Å². The van der Waals surface area contributed by atoms with Gasteiger partial charge in [-0.3, -0.25) is 0 Å². The van der Waals surface area contributed by atoms with Crippen molar-refractivity contribution in [3.05, 3.63) is 12.1 Å². The first kappa shape index (κ1) is 14.6. The van der Waals surface area contributed by atoms with Crippen LogP contribution in [0.1, 0.15) is 19.3 Å². The van der Waals surface area contributed by atoms with Crippen LogP contribution in [0.3, 0.4) is 0 Å². The quantitative estimate of drug-likeness (QED) is 0.770. The smallest absolute Gasteiger partial charge is 0.225 e. The number of hydrogen-bond acceptors (Lipinski definition) is 7. The van der Waals surface area contributed by atoms with Gasteiger partial charge in [0.2, 0.25) is 5.95 Å². The van der Waals surface area contributed by atoms with E-state index in [-0.39, 0.29) is 0 Å². The van der Waals surface area contributed by atoms with E-state index >= 15 is 0 Å². The fourth-order valence-corrected chi connectivity index (χ4v) is 2.56. The molecule has 0 saturated heterocycles. The number of methoxy groups -OCH3 is 2. The zero-order valence-corrected chi connectivity index (χ0v) is 12.7. The van der Waals surface area contributed by atoms with Crippen LogP contribution in [-0.4, -0.2) is 41.4 Å². The van der Waals surface area contributed by atoms with E-state index < -0.39 is 5.60 Å². The minimum absolute atomic E-state index is 0.356. The number of nitrogens with one attached hydrogen (secondary N) is 1. The Morgan fingerprint density at radius 1 is 1.23 bits per heavy atom. The van der Waals surface area contributed by atoms with Gasteiger partial charge in [0.05, 0.1) is 25.3 Å². The van der Waals surface area contributed by atoms with Gasteiger partial charge in [0.25, 0.3) is 0 Å². The van der Waals surface area contributed by atoms with E-state index in [9.17, 15) is 5.11 Å². The number of anilines is 2. The van der Waals surface area contributed by atoms with Crippen LogP contribution in [0.2, 0.25) is 0 Å². The van der Waals surface area contributed by atoms with E-state index in [1.807, 2.05) is 0 Å². The molecule has 0 unspecified atom stereocenters. The number of benzene rings is 1. The maximum atomic E-state index is 10.1. The Morgan fingerprint density at radius 2 is 1.91 bits per heavy atom. The third-order valence-electron chi connectivity index (χ3n) is 4.09. The molecule has 118 valence electrons. The average molecular weight is 304 g/mol. The summed E-state index contributed by atoms with van der Waals surface area (Å²) in [4.78, 5) is 8.67. The van der Waals surface area contributed by atoms with E-state index in [1.54, 1.807) is 26.4 Å². The Bertz CT molecular complexity index is 701. The van der Waals surface area contributed by atoms with Crippen molar-refractivity contribution in [1.29, 1.82) is 0 Å². The molecule has 0 aliphatic heterocycles. The number of aliphatic hydroxyl groups is 1. The summed E-state index contributed by atoms with van der Waals surface area (Å²) < 4.78 is 10.5. The first-order chi connectivity index (χ1) is 10.5. The predicted molar refractivity (Wildman–Crippen MR) is 84.3 cm³/mol. The molecule has 1 saturated carbocycles. The molecule has 7 heteroatoms. The molecule has 1 aliphatic rings. The van der Waals surface area contributed by atoms with Crippen molar-refractivity contribution in [2.24, 2.45) is 0 Å². The second-order valence-electron chi connectivity index (χ2n) is 5.59. The van der Waals surface area contributed by atoms with Crippen molar-refractivity contribution < 1.29 is 14.6 Å². The second kappa shape index (κ2) is 5.49. The molecular weight excluding hydrogens is 284 g/mol. The molecular formula is C15H20N4O3. The van der Waals surface area contributed by atoms with Gasteiger partial charge in [-0.05, 0) is 25.3 Å². The third kappa shape index (κ3) is 2.59. The number of fused-ring (bicyclic) bond motifs is 1. The van der Waals surface area contributed by atoms with E-state index in [0.29, 0.717) is 40.7 Å².